The van der Waals surface area contributed by atoms with Crippen LogP contribution in [-0.2, 0) is 57.3 Å². The second kappa shape index (κ2) is 20.8. The summed E-state index contributed by atoms with van der Waals surface area (Å²) in [5.41, 5.74) is 0. The Hall–Kier alpha value is -4.08. The smallest absolute Gasteiger partial charge is 0.331 e. The van der Waals surface area contributed by atoms with Gasteiger partial charge in [0.2, 0.25) is 12.7 Å². The molecular formula is C28H46N4O12. The molecule has 4 atom stereocenters. The van der Waals surface area contributed by atoms with Gasteiger partial charge in [-0.1, -0.05) is 27.7 Å². The fourth-order valence-electron chi connectivity index (χ4n) is 3.51. The average molecular weight is 631 g/mol. The molecular weight excluding hydrogens is 584 g/mol. The van der Waals surface area contributed by atoms with Crippen molar-refractivity contribution in [3.63, 3.8) is 0 Å². The Kier molecular flexibility index (Phi) is 18.8. The Labute approximate surface area is 257 Å². The van der Waals surface area contributed by atoms with Gasteiger partial charge in [0.1, 0.15) is 30.7 Å². The third-order valence-electron chi connectivity index (χ3n) is 5.65. The van der Waals surface area contributed by atoms with Crippen LogP contribution in [0.1, 0.15) is 74.1 Å². The van der Waals surface area contributed by atoms with E-state index >= 15 is 0 Å². The molecule has 0 aromatic carbocycles. The van der Waals surface area contributed by atoms with Crippen LogP contribution < -0.4 is 21.3 Å². The van der Waals surface area contributed by atoms with Crippen molar-refractivity contribution in [2.45, 2.75) is 98.4 Å². The van der Waals surface area contributed by atoms with Gasteiger partial charge < -0.3 is 40.2 Å². The summed E-state index contributed by atoms with van der Waals surface area (Å²) in [6.45, 7) is 10.1. The average Bonchev–Trinajstić information content (AvgIpc) is 2.89. The highest BCUT2D eigenvalue weighted by atomic mass is 16.7. The Morgan fingerprint density at radius 2 is 1.07 bits per heavy atom. The van der Waals surface area contributed by atoms with E-state index < -0.39 is 98.0 Å². The number of Topliss-reactive ketones (excluding diaryl/α,β-unsaturated/α-hetero) is 1. The summed E-state index contributed by atoms with van der Waals surface area (Å²) < 4.78 is 19.8. The molecule has 0 heterocycles. The predicted molar refractivity (Wildman–Crippen MR) is 153 cm³/mol. The molecule has 0 aliphatic carbocycles. The van der Waals surface area contributed by atoms with Crippen LogP contribution in [0.2, 0.25) is 0 Å². The third-order valence-corrected chi connectivity index (χ3v) is 5.65. The van der Waals surface area contributed by atoms with E-state index in [2.05, 4.69) is 21.3 Å². The van der Waals surface area contributed by atoms with Crippen LogP contribution in [0.5, 0.6) is 0 Å². The van der Waals surface area contributed by atoms with E-state index in [0.717, 1.165) is 0 Å². The number of ketones is 1. The molecule has 4 N–H and O–H groups in total. The van der Waals surface area contributed by atoms with Crippen molar-refractivity contribution in [3.05, 3.63) is 0 Å². The van der Waals surface area contributed by atoms with Gasteiger partial charge in [-0.25, -0.2) is 4.79 Å². The van der Waals surface area contributed by atoms with Crippen molar-refractivity contribution in [2.75, 3.05) is 20.5 Å². The van der Waals surface area contributed by atoms with E-state index in [9.17, 15) is 38.4 Å². The molecule has 4 unspecified atom stereocenters. The van der Waals surface area contributed by atoms with Gasteiger partial charge in [-0.3, -0.25) is 33.6 Å². The van der Waals surface area contributed by atoms with Crippen molar-refractivity contribution in [1.29, 1.82) is 0 Å². The number of carbonyl (C=O) groups is 8. The molecule has 250 valence electrons. The third kappa shape index (κ3) is 17.8. The Morgan fingerprint density at radius 3 is 1.50 bits per heavy atom. The molecule has 0 bridgehead atoms. The number of likely N-dealkylation sites (N-methyl/N-ethyl adjacent to an activating group) is 1. The molecule has 0 radical (unpaired) electrons. The largest absolute Gasteiger partial charge is 0.452 e. The van der Waals surface area contributed by atoms with E-state index in [1.807, 2.05) is 13.8 Å². The number of ether oxygens (including phenoxy) is 4. The maximum absolute atomic E-state index is 12.6. The molecule has 3 amide bonds. The minimum absolute atomic E-state index is 0.0538. The van der Waals surface area contributed by atoms with Gasteiger partial charge in [0.25, 0.3) is 11.8 Å². The number of amides is 3. The SMILES string of the molecule is CNC(CC(C)C)C(=O)OCOC(=O)C(CC(C)C)NC(=O)CC(=O)OC(C)C(=O)NCNC(=O)C(C)OC(=O)CC(C)=O. The molecule has 0 fully saturated rings. The van der Waals surface area contributed by atoms with Crippen molar-refractivity contribution < 1.29 is 57.3 Å². The zero-order valence-corrected chi connectivity index (χ0v) is 26.6. The zero-order chi connectivity index (χ0) is 34.0. The molecule has 44 heavy (non-hydrogen) atoms. The van der Waals surface area contributed by atoms with E-state index in [1.165, 1.54) is 20.8 Å². The normalized spacial score (nSPS) is 13.5. The van der Waals surface area contributed by atoms with Crippen LogP contribution in [0.25, 0.3) is 0 Å². The highest BCUT2D eigenvalue weighted by Gasteiger charge is 2.27. The van der Waals surface area contributed by atoms with Crippen molar-refractivity contribution >= 4 is 47.4 Å². The molecule has 0 rings (SSSR count). The molecule has 0 saturated heterocycles. The number of esters is 4. The Morgan fingerprint density at radius 1 is 0.636 bits per heavy atom. The molecule has 0 aliphatic rings. The fraction of sp³-hybridized carbons (Fsp3) is 0.714. The Bertz CT molecular complexity index is 1030. The molecule has 0 aromatic heterocycles. The standard InChI is InChI=1S/C28H46N4O12/c1-15(2)9-20(29-8)27(39)41-14-42-28(40)21(10-16(3)4)32-22(34)12-24(36)44-19(7)26(38)31-13-30-25(37)18(6)43-23(35)11-17(5)33/h15-16,18-21,29H,9-14H2,1-8H3,(H,30,37)(H,31,38)(H,32,34). The summed E-state index contributed by atoms with van der Waals surface area (Å²) in [4.78, 5) is 96.0. The van der Waals surface area contributed by atoms with Gasteiger partial charge in [-0.2, -0.15) is 0 Å². The second-order valence-electron chi connectivity index (χ2n) is 10.8. The first kappa shape index (κ1) is 39.9. The maximum atomic E-state index is 12.6. The first-order valence-electron chi connectivity index (χ1n) is 14.2. The summed E-state index contributed by atoms with van der Waals surface area (Å²) in [5.74, 6) is -6.07. The molecule has 16 heteroatoms. The summed E-state index contributed by atoms with van der Waals surface area (Å²) in [7, 11) is 1.61. The van der Waals surface area contributed by atoms with Crippen molar-refractivity contribution in [3.8, 4) is 0 Å². The predicted octanol–water partition coefficient (Wildman–Crippen LogP) is -0.382. The van der Waals surface area contributed by atoms with Crippen molar-refractivity contribution in [1.82, 2.24) is 21.3 Å². The zero-order valence-electron chi connectivity index (χ0n) is 26.6. The van der Waals surface area contributed by atoms with Gasteiger partial charge in [0, 0.05) is 0 Å². The van der Waals surface area contributed by atoms with Crippen LogP contribution in [0.15, 0.2) is 0 Å². The lowest BCUT2D eigenvalue weighted by Gasteiger charge is -2.20. The maximum Gasteiger partial charge on any atom is 0.331 e. The summed E-state index contributed by atoms with van der Waals surface area (Å²) in [6.07, 6.45) is -3.18. The number of hydrogen-bond donors (Lipinski definition) is 4. The summed E-state index contributed by atoms with van der Waals surface area (Å²) in [5, 5.41) is 9.79. The van der Waals surface area contributed by atoms with Gasteiger partial charge >= 0.3 is 23.9 Å². The molecule has 0 spiro atoms. The van der Waals surface area contributed by atoms with Crippen LogP contribution in [-0.4, -0.2) is 92.2 Å². The van der Waals surface area contributed by atoms with Crippen LogP contribution in [0.4, 0.5) is 0 Å². The van der Waals surface area contributed by atoms with Gasteiger partial charge in [0.15, 0.2) is 12.2 Å². The lowest BCUT2D eigenvalue weighted by Crippen LogP contribution is -2.46. The number of nitrogens with one attached hydrogen (secondary N) is 4. The Balaban J connectivity index is 4.72. The van der Waals surface area contributed by atoms with Gasteiger partial charge in [0.05, 0.1) is 6.67 Å². The number of carbonyl (C=O) groups excluding carboxylic acids is 8. The molecule has 0 aliphatic heterocycles. The van der Waals surface area contributed by atoms with Gasteiger partial charge in [-0.05, 0) is 52.5 Å². The van der Waals surface area contributed by atoms with E-state index in [4.69, 9.17) is 18.9 Å². The molecule has 16 nitrogen and oxygen atoms in total. The van der Waals surface area contributed by atoms with Crippen LogP contribution in [0, 0.1) is 11.8 Å². The highest BCUT2D eigenvalue weighted by Crippen LogP contribution is 2.09. The first-order valence-corrected chi connectivity index (χ1v) is 14.2. The van der Waals surface area contributed by atoms with Crippen molar-refractivity contribution in [2.24, 2.45) is 11.8 Å². The summed E-state index contributed by atoms with van der Waals surface area (Å²) in [6, 6.07) is -1.72. The second-order valence-corrected chi connectivity index (χ2v) is 10.8. The highest BCUT2D eigenvalue weighted by molar-refractivity contribution is 5.97. The van der Waals surface area contributed by atoms with Crippen LogP contribution in [0.3, 0.4) is 0 Å². The van der Waals surface area contributed by atoms with E-state index in [-0.39, 0.29) is 18.3 Å². The monoisotopic (exact) mass is 630 g/mol. The van der Waals surface area contributed by atoms with Gasteiger partial charge in [-0.15, -0.1) is 0 Å². The summed E-state index contributed by atoms with van der Waals surface area (Å²) >= 11 is 0. The van der Waals surface area contributed by atoms with E-state index in [1.54, 1.807) is 20.9 Å². The minimum atomic E-state index is -1.35. The number of rotatable bonds is 20. The topological polar surface area (TPSA) is 222 Å². The van der Waals surface area contributed by atoms with Crippen LogP contribution >= 0.6 is 0 Å². The molecule has 0 aromatic rings. The lowest BCUT2D eigenvalue weighted by molar-refractivity contribution is -0.171. The minimum Gasteiger partial charge on any atom is -0.452 e. The fourth-order valence-corrected chi connectivity index (χ4v) is 3.51. The number of hydrogen-bond acceptors (Lipinski definition) is 13. The first-order chi connectivity index (χ1) is 20.5. The quantitative estimate of drug-likeness (QED) is 0.0584. The lowest BCUT2D eigenvalue weighted by atomic mass is 10.0. The van der Waals surface area contributed by atoms with E-state index in [0.29, 0.717) is 6.42 Å². The molecule has 0 saturated carbocycles.